The SMILES string of the molecule is CC(C)c1nc(-c2[c-]cc(C(C)C)c3ccccc23)c2c3ccc4ccccc4c3n(C)c2n1.CCC(CC)C(=O)/C=C(\[N-]C)C(CC)CC.[Ir]. The molecule has 0 fully saturated rings. The van der Waals surface area contributed by atoms with Crippen molar-refractivity contribution in [2.75, 3.05) is 7.05 Å². The van der Waals surface area contributed by atoms with Gasteiger partial charge in [0.1, 0.15) is 11.5 Å². The van der Waals surface area contributed by atoms with E-state index in [0.717, 1.165) is 59.5 Å². The van der Waals surface area contributed by atoms with Gasteiger partial charge >= 0.3 is 0 Å². The van der Waals surface area contributed by atoms with Gasteiger partial charge in [0.15, 0.2) is 5.78 Å². The van der Waals surface area contributed by atoms with E-state index in [1.165, 1.54) is 38.0 Å². The maximum absolute atomic E-state index is 12.0. The Balaban J connectivity index is 0.000000294. The number of hydrogen-bond acceptors (Lipinski definition) is 3. The summed E-state index contributed by atoms with van der Waals surface area (Å²) in [5, 5.41) is 11.5. The Morgan fingerprint density at radius 3 is 1.98 bits per heavy atom. The van der Waals surface area contributed by atoms with Crippen LogP contribution in [0.1, 0.15) is 104 Å². The van der Waals surface area contributed by atoms with Crippen LogP contribution in [0.4, 0.5) is 0 Å². The minimum Gasteiger partial charge on any atom is -0.690 e. The average molecular weight is 859 g/mol. The fraction of sp³-hybridized carbons (Fsp3) is 0.400. The second kappa shape index (κ2) is 17.6. The zero-order valence-corrected chi connectivity index (χ0v) is 34.5. The van der Waals surface area contributed by atoms with E-state index >= 15 is 0 Å². The van der Waals surface area contributed by atoms with Crippen LogP contribution in [0.2, 0.25) is 0 Å². The summed E-state index contributed by atoms with van der Waals surface area (Å²) in [5.41, 5.74) is 6.49. The summed E-state index contributed by atoms with van der Waals surface area (Å²) in [4.78, 5) is 22.2. The Morgan fingerprint density at radius 2 is 1.39 bits per heavy atom. The van der Waals surface area contributed by atoms with E-state index in [0.29, 0.717) is 11.8 Å². The molecule has 6 rings (SSSR count). The number of fused-ring (bicyclic) bond motifs is 6. The molecule has 0 amide bonds. The first-order valence-corrected chi connectivity index (χ1v) is 18.6. The van der Waals surface area contributed by atoms with Crippen molar-refractivity contribution in [2.45, 2.75) is 92.9 Å². The molecule has 2 aromatic heterocycles. The summed E-state index contributed by atoms with van der Waals surface area (Å²) >= 11 is 0. The molecule has 5 nitrogen and oxygen atoms in total. The van der Waals surface area contributed by atoms with Crippen molar-refractivity contribution in [3.05, 3.63) is 101 Å². The molecule has 0 aliphatic carbocycles. The second-order valence-corrected chi connectivity index (χ2v) is 14.1. The molecule has 0 saturated carbocycles. The monoisotopic (exact) mass is 859 g/mol. The Labute approximate surface area is 318 Å². The number of rotatable bonds is 11. The van der Waals surface area contributed by atoms with Crippen LogP contribution in [0.5, 0.6) is 0 Å². The molecule has 0 aliphatic rings. The van der Waals surface area contributed by atoms with Gasteiger partial charge in [0, 0.05) is 60.8 Å². The van der Waals surface area contributed by atoms with Crippen LogP contribution < -0.4 is 0 Å². The standard InChI is InChI=1S/C31H28N3.C14H27NO.Ir/c1-18(2)21-16-17-25(24-13-9-8-12-23(21)24)28-27-26-15-14-20-10-6-7-11-22(20)29(26)34(5)31(27)33-30(32-28)19(3)4;1-6-11(7-2)13(15-5)10-14(16)12(8-3)9-4;/h6-16,18-19H,1-5H3;10-12H,6-9H2,1-5H3,(H,15,16);/q-1;;/p-1. The predicted molar refractivity (Wildman–Crippen MR) is 214 cm³/mol. The number of benzene rings is 4. The summed E-state index contributed by atoms with van der Waals surface area (Å²) in [6.07, 6.45) is 5.72. The quantitative estimate of drug-likeness (QED) is 0.0963. The Bertz CT molecular complexity index is 2150. The van der Waals surface area contributed by atoms with Crippen LogP contribution in [0, 0.1) is 17.9 Å². The zero-order chi connectivity index (χ0) is 36.1. The summed E-state index contributed by atoms with van der Waals surface area (Å²) in [6.45, 7) is 17.2. The third-order valence-electron chi connectivity index (χ3n) is 10.3. The molecule has 0 saturated heterocycles. The second-order valence-electron chi connectivity index (χ2n) is 14.1. The summed E-state index contributed by atoms with van der Waals surface area (Å²) < 4.78 is 2.24. The molecular weight excluding hydrogens is 805 g/mol. The summed E-state index contributed by atoms with van der Waals surface area (Å²) in [7, 11) is 3.91. The first kappa shape index (κ1) is 39.9. The van der Waals surface area contributed by atoms with Crippen LogP contribution in [-0.2, 0) is 31.9 Å². The number of aryl methyl sites for hydroxylation is 1. The molecule has 6 aromatic rings. The first-order chi connectivity index (χ1) is 24.1. The Morgan fingerprint density at radius 1 is 0.784 bits per heavy atom. The van der Waals surface area contributed by atoms with Gasteiger partial charge in [-0.2, -0.15) is 5.70 Å². The van der Waals surface area contributed by atoms with Crippen LogP contribution in [-0.4, -0.2) is 27.4 Å². The van der Waals surface area contributed by atoms with Gasteiger partial charge in [-0.3, -0.25) is 9.78 Å². The summed E-state index contributed by atoms with van der Waals surface area (Å²) in [5.74, 6) is 2.37. The van der Waals surface area contributed by atoms with Crippen LogP contribution in [0.3, 0.4) is 0 Å². The van der Waals surface area contributed by atoms with Gasteiger partial charge in [0.2, 0.25) is 0 Å². The molecule has 0 bridgehead atoms. The molecule has 0 unspecified atom stereocenters. The average Bonchev–Trinajstić information content (AvgIpc) is 3.43. The van der Waals surface area contributed by atoms with Gasteiger partial charge < -0.3 is 9.88 Å². The van der Waals surface area contributed by atoms with E-state index in [1.807, 2.05) is 0 Å². The number of hydrogen-bond donors (Lipinski definition) is 0. The van der Waals surface area contributed by atoms with Crippen LogP contribution in [0.25, 0.3) is 60.1 Å². The molecule has 0 aliphatic heterocycles. The van der Waals surface area contributed by atoms with Gasteiger partial charge in [0.25, 0.3) is 0 Å². The molecule has 6 heteroatoms. The largest absolute Gasteiger partial charge is 0.690 e. The van der Waals surface area contributed by atoms with E-state index in [-0.39, 0.29) is 37.7 Å². The predicted octanol–water partition coefficient (Wildman–Crippen LogP) is 12.5. The van der Waals surface area contributed by atoms with E-state index in [1.54, 1.807) is 13.1 Å². The number of ketones is 1. The van der Waals surface area contributed by atoms with E-state index < -0.39 is 0 Å². The fourth-order valence-electron chi connectivity index (χ4n) is 7.28. The van der Waals surface area contributed by atoms with Gasteiger partial charge in [0.05, 0.1) is 5.52 Å². The van der Waals surface area contributed by atoms with Crippen molar-refractivity contribution in [3.8, 4) is 11.3 Å². The van der Waals surface area contributed by atoms with Gasteiger partial charge in [-0.15, -0.1) is 30.3 Å². The van der Waals surface area contributed by atoms with E-state index in [2.05, 4.69) is 145 Å². The molecule has 1 radical (unpaired) electrons. The van der Waals surface area contributed by atoms with Gasteiger partial charge in [-0.1, -0.05) is 146 Å². The number of aromatic nitrogens is 3. The van der Waals surface area contributed by atoms with Crippen LogP contribution in [0.15, 0.2) is 78.5 Å². The number of carbonyl (C=O) groups is 1. The topological polar surface area (TPSA) is 61.9 Å². The van der Waals surface area contributed by atoms with E-state index in [9.17, 15) is 4.79 Å². The minimum absolute atomic E-state index is 0. The maximum Gasteiger partial charge on any atom is 0.157 e. The number of allylic oxidation sites excluding steroid dienone is 2. The van der Waals surface area contributed by atoms with Crippen molar-refractivity contribution in [3.63, 3.8) is 0 Å². The molecule has 51 heavy (non-hydrogen) atoms. The van der Waals surface area contributed by atoms with Gasteiger partial charge in [-0.05, 0) is 30.2 Å². The maximum atomic E-state index is 12.0. The third kappa shape index (κ3) is 7.98. The Kier molecular flexibility index (Phi) is 13.8. The third-order valence-corrected chi connectivity index (χ3v) is 10.3. The zero-order valence-electron chi connectivity index (χ0n) is 32.1. The van der Waals surface area contributed by atoms with Crippen LogP contribution >= 0.6 is 0 Å². The molecule has 0 N–H and O–H groups in total. The first-order valence-electron chi connectivity index (χ1n) is 18.6. The Hall–Kier alpha value is -3.86. The number of nitrogens with zero attached hydrogens (tertiary/aromatic N) is 4. The molecular formula is C45H54IrN4O-2. The van der Waals surface area contributed by atoms with Crippen molar-refractivity contribution in [2.24, 2.45) is 18.9 Å². The molecule has 2 heterocycles. The molecule has 0 atom stereocenters. The van der Waals surface area contributed by atoms with Crippen molar-refractivity contribution in [1.29, 1.82) is 0 Å². The molecule has 4 aromatic carbocycles. The smallest absolute Gasteiger partial charge is 0.157 e. The van der Waals surface area contributed by atoms with Crippen molar-refractivity contribution in [1.82, 2.24) is 14.5 Å². The van der Waals surface area contributed by atoms with Crippen molar-refractivity contribution >= 4 is 49.3 Å². The van der Waals surface area contributed by atoms with Gasteiger partial charge in [-0.25, -0.2) is 4.98 Å². The van der Waals surface area contributed by atoms with Crippen molar-refractivity contribution < 1.29 is 24.9 Å². The molecule has 0 spiro atoms. The van der Waals surface area contributed by atoms with E-state index in [4.69, 9.17) is 9.97 Å². The normalized spacial score (nSPS) is 12.0. The molecule has 271 valence electrons. The minimum atomic E-state index is 0. The fourth-order valence-corrected chi connectivity index (χ4v) is 7.28. The number of carbonyl (C=O) groups excluding carboxylic acids is 1. The summed E-state index contributed by atoms with van der Waals surface area (Å²) in [6, 6.07) is 27.5.